The van der Waals surface area contributed by atoms with Gasteiger partial charge in [0.1, 0.15) is 5.75 Å². The molecule has 2 rings (SSSR count). The molecule has 0 bridgehead atoms. The Morgan fingerprint density at radius 2 is 2.22 bits per heavy atom. The van der Waals surface area contributed by atoms with Gasteiger partial charge in [0.2, 0.25) is 0 Å². The summed E-state index contributed by atoms with van der Waals surface area (Å²) >= 11 is 0. The molecule has 3 nitrogen and oxygen atoms in total. The summed E-state index contributed by atoms with van der Waals surface area (Å²) in [5.41, 5.74) is 2.64. The Hall–Kier alpha value is -1.22. The number of nitrogens with zero attached hydrogens (tertiary/aromatic N) is 1. The Bertz CT molecular complexity index is 392. The predicted octanol–water partition coefficient (Wildman–Crippen LogP) is 2.58. The molecule has 0 radical (unpaired) electrons. The standard InChI is InChI=1S/C15H24N2O/c1-4-13-7-9-17(10-8-16-13)15-11-14(18-3)6-5-12(15)2/h5-6,11,13,16H,4,7-10H2,1-3H3. The van der Waals surface area contributed by atoms with Gasteiger partial charge in [-0.1, -0.05) is 13.0 Å². The van der Waals surface area contributed by atoms with E-state index in [0.29, 0.717) is 6.04 Å². The lowest BCUT2D eigenvalue weighted by atomic mass is 10.1. The fourth-order valence-corrected chi connectivity index (χ4v) is 2.58. The van der Waals surface area contributed by atoms with E-state index < -0.39 is 0 Å². The van der Waals surface area contributed by atoms with Crippen LogP contribution in [0.1, 0.15) is 25.3 Å². The number of benzene rings is 1. The molecule has 1 aromatic carbocycles. The normalized spacial score (nSPS) is 20.6. The van der Waals surface area contributed by atoms with Gasteiger partial charge in [0.15, 0.2) is 0 Å². The van der Waals surface area contributed by atoms with Crippen molar-refractivity contribution in [1.29, 1.82) is 0 Å². The number of anilines is 1. The summed E-state index contributed by atoms with van der Waals surface area (Å²) in [6.07, 6.45) is 2.43. The smallest absolute Gasteiger partial charge is 0.120 e. The van der Waals surface area contributed by atoms with E-state index in [4.69, 9.17) is 4.74 Å². The van der Waals surface area contributed by atoms with Crippen LogP contribution >= 0.6 is 0 Å². The van der Waals surface area contributed by atoms with Crippen LogP contribution in [0.4, 0.5) is 5.69 Å². The molecule has 0 saturated carbocycles. The molecule has 1 aromatic rings. The second-order valence-electron chi connectivity index (χ2n) is 4.99. The molecule has 100 valence electrons. The zero-order chi connectivity index (χ0) is 13.0. The maximum Gasteiger partial charge on any atom is 0.120 e. The van der Waals surface area contributed by atoms with Gasteiger partial charge in [-0.3, -0.25) is 0 Å². The Morgan fingerprint density at radius 3 is 2.94 bits per heavy atom. The molecule has 1 N–H and O–H groups in total. The average molecular weight is 248 g/mol. The fourth-order valence-electron chi connectivity index (χ4n) is 2.58. The van der Waals surface area contributed by atoms with Crippen LogP contribution in [0.5, 0.6) is 5.75 Å². The molecule has 1 heterocycles. The van der Waals surface area contributed by atoms with Gasteiger partial charge in [0.25, 0.3) is 0 Å². The van der Waals surface area contributed by atoms with E-state index in [2.05, 4.69) is 36.2 Å². The average Bonchev–Trinajstić information content (AvgIpc) is 2.64. The van der Waals surface area contributed by atoms with Crippen LogP contribution in [0, 0.1) is 6.92 Å². The number of rotatable bonds is 3. The highest BCUT2D eigenvalue weighted by molar-refractivity contribution is 5.57. The summed E-state index contributed by atoms with van der Waals surface area (Å²) < 4.78 is 5.33. The maximum atomic E-state index is 5.33. The Labute approximate surface area is 110 Å². The lowest BCUT2D eigenvalue weighted by molar-refractivity contribution is 0.414. The molecule has 0 spiro atoms. The van der Waals surface area contributed by atoms with Crippen molar-refractivity contribution in [3.63, 3.8) is 0 Å². The van der Waals surface area contributed by atoms with Crippen LogP contribution in [0.15, 0.2) is 18.2 Å². The van der Waals surface area contributed by atoms with Gasteiger partial charge < -0.3 is 15.0 Å². The first-order valence-corrected chi connectivity index (χ1v) is 6.87. The van der Waals surface area contributed by atoms with E-state index in [1.54, 1.807) is 7.11 Å². The van der Waals surface area contributed by atoms with Gasteiger partial charge >= 0.3 is 0 Å². The molecule has 3 heteroatoms. The van der Waals surface area contributed by atoms with Gasteiger partial charge in [-0.05, 0) is 31.4 Å². The van der Waals surface area contributed by atoms with E-state index in [1.165, 1.54) is 24.1 Å². The Balaban J connectivity index is 2.15. The summed E-state index contributed by atoms with van der Waals surface area (Å²) in [5.74, 6) is 0.944. The minimum absolute atomic E-state index is 0.668. The van der Waals surface area contributed by atoms with Crippen molar-refractivity contribution in [3.05, 3.63) is 23.8 Å². The maximum absolute atomic E-state index is 5.33. The fraction of sp³-hybridized carbons (Fsp3) is 0.600. The minimum atomic E-state index is 0.668. The molecule has 1 saturated heterocycles. The van der Waals surface area contributed by atoms with E-state index in [9.17, 15) is 0 Å². The predicted molar refractivity (Wildman–Crippen MR) is 76.6 cm³/mol. The summed E-state index contributed by atoms with van der Waals surface area (Å²) in [4.78, 5) is 2.47. The third kappa shape index (κ3) is 2.96. The van der Waals surface area contributed by atoms with Crippen LogP contribution in [-0.4, -0.2) is 32.8 Å². The molecule has 1 atom stereocenters. The highest BCUT2D eigenvalue weighted by Gasteiger charge is 2.16. The van der Waals surface area contributed by atoms with Crippen molar-refractivity contribution in [1.82, 2.24) is 5.32 Å². The summed E-state index contributed by atoms with van der Waals surface area (Å²) in [5, 5.41) is 3.61. The first kappa shape index (κ1) is 13.2. The number of ether oxygens (including phenoxy) is 1. The first-order chi connectivity index (χ1) is 8.74. The first-order valence-electron chi connectivity index (χ1n) is 6.87. The second kappa shape index (κ2) is 6.10. The highest BCUT2D eigenvalue weighted by atomic mass is 16.5. The lowest BCUT2D eigenvalue weighted by Crippen LogP contribution is -2.30. The SMILES string of the molecule is CCC1CCN(c2cc(OC)ccc2C)CCN1. The Morgan fingerprint density at radius 1 is 1.39 bits per heavy atom. The lowest BCUT2D eigenvalue weighted by Gasteiger charge is -2.25. The molecular formula is C15H24N2O. The van der Waals surface area contributed by atoms with Gasteiger partial charge in [-0.15, -0.1) is 0 Å². The third-order valence-electron chi connectivity index (χ3n) is 3.81. The van der Waals surface area contributed by atoms with Gasteiger partial charge in [-0.25, -0.2) is 0 Å². The third-order valence-corrected chi connectivity index (χ3v) is 3.81. The van der Waals surface area contributed by atoms with E-state index in [1.807, 2.05) is 6.07 Å². The van der Waals surface area contributed by atoms with Crippen molar-refractivity contribution < 1.29 is 4.74 Å². The van der Waals surface area contributed by atoms with E-state index >= 15 is 0 Å². The number of hydrogen-bond donors (Lipinski definition) is 1. The van der Waals surface area contributed by atoms with Crippen molar-refractivity contribution in [3.8, 4) is 5.75 Å². The van der Waals surface area contributed by atoms with Crippen molar-refractivity contribution in [2.75, 3.05) is 31.6 Å². The molecule has 18 heavy (non-hydrogen) atoms. The summed E-state index contributed by atoms with van der Waals surface area (Å²) in [6, 6.07) is 7.00. The van der Waals surface area contributed by atoms with Gasteiger partial charge in [0.05, 0.1) is 7.11 Å². The number of nitrogens with one attached hydrogen (secondary N) is 1. The molecule has 1 aliphatic heterocycles. The monoisotopic (exact) mass is 248 g/mol. The topological polar surface area (TPSA) is 24.5 Å². The Kier molecular flexibility index (Phi) is 4.48. The van der Waals surface area contributed by atoms with E-state index in [0.717, 1.165) is 25.4 Å². The zero-order valence-electron chi connectivity index (χ0n) is 11.7. The van der Waals surface area contributed by atoms with Gasteiger partial charge in [0, 0.05) is 37.4 Å². The van der Waals surface area contributed by atoms with Crippen molar-refractivity contribution >= 4 is 5.69 Å². The molecule has 0 aromatic heterocycles. The minimum Gasteiger partial charge on any atom is -0.497 e. The molecule has 0 amide bonds. The number of aryl methyl sites for hydroxylation is 1. The molecule has 0 aliphatic carbocycles. The summed E-state index contributed by atoms with van der Waals surface area (Å²) in [7, 11) is 1.73. The van der Waals surface area contributed by atoms with Crippen molar-refractivity contribution in [2.45, 2.75) is 32.7 Å². The number of hydrogen-bond acceptors (Lipinski definition) is 3. The highest BCUT2D eigenvalue weighted by Crippen LogP contribution is 2.26. The summed E-state index contributed by atoms with van der Waals surface area (Å²) in [6.45, 7) is 7.69. The van der Waals surface area contributed by atoms with Gasteiger partial charge in [-0.2, -0.15) is 0 Å². The van der Waals surface area contributed by atoms with Crippen LogP contribution in [0.25, 0.3) is 0 Å². The second-order valence-corrected chi connectivity index (χ2v) is 4.99. The van der Waals surface area contributed by atoms with Crippen molar-refractivity contribution in [2.24, 2.45) is 0 Å². The molecule has 1 unspecified atom stereocenters. The van der Waals surface area contributed by atoms with Crippen LogP contribution < -0.4 is 15.0 Å². The quantitative estimate of drug-likeness (QED) is 0.890. The molecule has 1 aliphatic rings. The van der Waals surface area contributed by atoms with Crippen LogP contribution in [0.2, 0.25) is 0 Å². The molecule has 1 fully saturated rings. The van der Waals surface area contributed by atoms with E-state index in [-0.39, 0.29) is 0 Å². The zero-order valence-corrected chi connectivity index (χ0v) is 11.7. The van der Waals surface area contributed by atoms with Crippen LogP contribution in [0.3, 0.4) is 0 Å². The number of methoxy groups -OCH3 is 1. The van der Waals surface area contributed by atoms with Crippen LogP contribution in [-0.2, 0) is 0 Å². The largest absolute Gasteiger partial charge is 0.497 e. The molecular weight excluding hydrogens is 224 g/mol.